The third-order valence-corrected chi connectivity index (χ3v) is 6.85. The fourth-order valence-electron chi connectivity index (χ4n) is 4.97. The molecule has 1 heterocycles. The highest BCUT2D eigenvalue weighted by molar-refractivity contribution is 6.00. The van der Waals surface area contributed by atoms with Gasteiger partial charge in [-0.3, -0.25) is 14.4 Å². The summed E-state index contributed by atoms with van der Waals surface area (Å²) in [4.78, 5) is 38.3. The molecule has 8 heteroatoms. The van der Waals surface area contributed by atoms with Crippen LogP contribution in [0.3, 0.4) is 0 Å². The van der Waals surface area contributed by atoms with Crippen molar-refractivity contribution in [3.05, 3.63) is 64.4 Å². The van der Waals surface area contributed by atoms with E-state index in [1.807, 2.05) is 0 Å². The first-order chi connectivity index (χ1) is 17.0. The van der Waals surface area contributed by atoms with Gasteiger partial charge in [0.05, 0.1) is 24.5 Å². The van der Waals surface area contributed by atoms with Crippen LogP contribution in [0.2, 0.25) is 0 Å². The maximum Gasteiger partial charge on any atom is 0.307 e. The Morgan fingerprint density at radius 3 is 2.57 bits per heavy atom. The van der Waals surface area contributed by atoms with Gasteiger partial charge in [0.25, 0.3) is 5.56 Å². The molecule has 184 valence electrons. The van der Waals surface area contributed by atoms with Gasteiger partial charge in [-0.1, -0.05) is 43.5 Å². The molecule has 0 bridgehead atoms. The number of aliphatic carboxylic acids is 1. The summed E-state index contributed by atoms with van der Waals surface area (Å²) in [5.74, 6) is -2.45. The number of rotatable bonds is 11. The van der Waals surface area contributed by atoms with Crippen molar-refractivity contribution in [3.63, 3.8) is 0 Å². The number of benzene rings is 2. The predicted octanol–water partition coefficient (Wildman–Crippen LogP) is 4.36. The first kappa shape index (κ1) is 24.6. The fraction of sp³-hybridized carbons (Fsp3) is 0.444. The van der Waals surface area contributed by atoms with Crippen molar-refractivity contribution in [3.8, 4) is 5.75 Å². The molecule has 2 aromatic carbocycles. The number of fused-ring (bicyclic) bond motifs is 1. The number of carboxylic acid groups (broad SMARTS) is 1. The summed E-state index contributed by atoms with van der Waals surface area (Å²) >= 11 is 0. The number of unbranched alkanes of at least 4 members (excludes halogenated alkanes) is 3. The molecular weight excluding hydrogens is 446 g/mol. The van der Waals surface area contributed by atoms with Gasteiger partial charge in [-0.25, -0.2) is 4.68 Å². The molecule has 0 amide bonds. The molecule has 35 heavy (non-hydrogen) atoms. The second-order valence-corrected chi connectivity index (χ2v) is 9.20. The van der Waals surface area contributed by atoms with Crippen LogP contribution >= 0.6 is 0 Å². The van der Waals surface area contributed by atoms with E-state index < -0.39 is 17.8 Å². The summed E-state index contributed by atoms with van der Waals surface area (Å²) < 4.78 is 6.97. The third-order valence-electron chi connectivity index (χ3n) is 6.85. The van der Waals surface area contributed by atoms with Crippen molar-refractivity contribution in [2.75, 3.05) is 6.61 Å². The van der Waals surface area contributed by atoms with E-state index in [9.17, 15) is 19.5 Å². The summed E-state index contributed by atoms with van der Waals surface area (Å²) in [7, 11) is 0. The van der Waals surface area contributed by atoms with Crippen LogP contribution in [0.25, 0.3) is 10.9 Å². The van der Waals surface area contributed by atoms with E-state index in [4.69, 9.17) is 4.74 Å². The minimum Gasteiger partial charge on any atom is -0.494 e. The van der Waals surface area contributed by atoms with E-state index in [1.165, 1.54) is 17.5 Å². The lowest BCUT2D eigenvalue weighted by Crippen LogP contribution is -2.34. The van der Waals surface area contributed by atoms with Crippen LogP contribution < -0.4 is 10.3 Å². The Morgan fingerprint density at radius 2 is 1.83 bits per heavy atom. The van der Waals surface area contributed by atoms with E-state index in [0.29, 0.717) is 41.7 Å². The van der Waals surface area contributed by atoms with Gasteiger partial charge >= 0.3 is 5.97 Å². The van der Waals surface area contributed by atoms with E-state index >= 15 is 0 Å². The highest BCUT2D eigenvalue weighted by Gasteiger charge is 2.45. The van der Waals surface area contributed by atoms with E-state index in [1.54, 1.807) is 48.5 Å². The zero-order valence-corrected chi connectivity index (χ0v) is 19.9. The SMILES string of the molecule is CCCCCCOc1ccc(C(=O)[C@H]2CC[C@@H](Cn3nnc4ccccc4c3=O)[C@@H]2C(=O)O)cc1. The summed E-state index contributed by atoms with van der Waals surface area (Å²) in [6.07, 6.45) is 5.44. The van der Waals surface area contributed by atoms with Crippen LogP contribution in [-0.2, 0) is 11.3 Å². The number of Topliss-reactive ketones (excluding diaryl/α,β-unsaturated/α-hetero) is 1. The summed E-state index contributed by atoms with van der Waals surface area (Å²) in [6, 6.07) is 13.9. The van der Waals surface area contributed by atoms with Crippen molar-refractivity contribution in [2.45, 2.75) is 52.0 Å². The normalized spacial score (nSPS) is 19.6. The smallest absolute Gasteiger partial charge is 0.307 e. The number of ether oxygens (including phenoxy) is 1. The zero-order chi connectivity index (χ0) is 24.8. The summed E-state index contributed by atoms with van der Waals surface area (Å²) in [5.41, 5.74) is 0.666. The number of ketones is 1. The molecule has 0 spiro atoms. The Labute approximate surface area is 203 Å². The van der Waals surface area contributed by atoms with Gasteiger partial charge in [0.2, 0.25) is 0 Å². The van der Waals surface area contributed by atoms with Crippen LogP contribution in [0, 0.1) is 17.8 Å². The Hall–Kier alpha value is -3.55. The van der Waals surface area contributed by atoms with Crippen molar-refractivity contribution < 1.29 is 19.4 Å². The zero-order valence-electron chi connectivity index (χ0n) is 19.9. The summed E-state index contributed by atoms with van der Waals surface area (Å²) in [6.45, 7) is 2.91. The second-order valence-electron chi connectivity index (χ2n) is 9.20. The minimum absolute atomic E-state index is 0.113. The third kappa shape index (κ3) is 5.58. The van der Waals surface area contributed by atoms with Crippen molar-refractivity contribution >= 4 is 22.7 Å². The van der Waals surface area contributed by atoms with Crippen molar-refractivity contribution in [2.24, 2.45) is 17.8 Å². The van der Waals surface area contributed by atoms with Crippen LogP contribution in [0.5, 0.6) is 5.75 Å². The molecule has 8 nitrogen and oxygen atoms in total. The monoisotopic (exact) mass is 477 g/mol. The molecule has 1 fully saturated rings. The second kappa shape index (κ2) is 11.3. The molecule has 1 saturated carbocycles. The minimum atomic E-state index is -1.03. The average Bonchev–Trinajstić information content (AvgIpc) is 3.29. The Balaban J connectivity index is 1.44. The van der Waals surface area contributed by atoms with Gasteiger partial charge in [-0.15, -0.1) is 5.10 Å². The molecule has 0 unspecified atom stereocenters. The number of hydrogen-bond acceptors (Lipinski definition) is 6. The standard InChI is InChI=1S/C27H31N3O5/c1-2-3-4-7-16-35-20-13-10-18(11-14-20)25(31)22-15-12-19(24(22)27(33)34)17-30-26(32)21-8-5-6-9-23(21)28-29-30/h5-6,8-11,13-14,19,22,24H,2-4,7,12,15-17H2,1H3,(H,33,34)/t19-,22-,24-/m0/s1. The van der Waals surface area contributed by atoms with Crippen molar-refractivity contribution in [1.82, 2.24) is 15.0 Å². The molecule has 0 aliphatic heterocycles. The van der Waals surface area contributed by atoms with Crippen LogP contribution in [0.4, 0.5) is 0 Å². The topological polar surface area (TPSA) is 111 Å². The Morgan fingerprint density at radius 1 is 1.06 bits per heavy atom. The van der Waals surface area contributed by atoms with Gasteiger partial charge in [0, 0.05) is 11.5 Å². The first-order valence-corrected chi connectivity index (χ1v) is 12.3. The number of carbonyl (C=O) groups excluding carboxylic acids is 1. The number of nitrogens with zero attached hydrogens (tertiary/aromatic N) is 3. The molecule has 1 aromatic heterocycles. The van der Waals surface area contributed by atoms with Gasteiger partial charge < -0.3 is 9.84 Å². The van der Waals surface area contributed by atoms with Crippen LogP contribution in [0.15, 0.2) is 53.3 Å². The highest BCUT2D eigenvalue weighted by atomic mass is 16.5. The number of hydrogen-bond donors (Lipinski definition) is 1. The van der Waals surface area contributed by atoms with Gasteiger partial charge in [-0.2, -0.15) is 0 Å². The molecule has 1 aliphatic carbocycles. The average molecular weight is 478 g/mol. The molecule has 3 atom stereocenters. The van der Waals surface area contributed by atoms with Gasteiger partial charge in [0.1, 0.15) is 11.3 Å². The quantitative estimate of drug-likeness (QED) is 0.323. The van der Waals surface area contributed by atoms with E-state index in [2.05, 4.69) is 17.2 Å². The molecule has 0 radical (unpaired) electrons. The molecule has 0 saturated heterocycles. The summed E-state index contributed by atoms with van der Waals surface area (Å²) in [5, 5.41) is 18.5. The van der Waals surface area contributed by atoms with Gasteiger partial charge in [0.15, 0.2) is 5.78 Å². The van der Waals surface area contributed by atoms with E-state index in [-0.39, 0.29) is 23.8 Å². The number of aromatic nitrogens is 3. The first-order valence-electron chi connectivity index (χ1n) is 12.3. The van der Waals surface area contributed by atoms with Gasteiger partial charge in [-0.05, 0) is 61.6 Å². The molecular formula is C27H31N3O5. The lowest BCUT2D eigenvalue weighted by molar-refractivity contribution is -0.144. The fourth-order valence-corrected chi connectivity index (χ4v) is 4.97. The van der Waals surface area contributed by atoms with Crippen molar-refractivity contribution in [1.29, 1.82) is 0 Å². The predicted molar refractivity (Wildman–Crippen MR) is 132 cm³/mol. The molecule has 4 rings (SSSR count). The maximum absolute atomic E-state index is 13.2. The largest absolute Gasteiger partial charge is 0.494 e. The molecule has 3 aromatic rings. The lowest BCUT2D eigenvalue weighted by Gasteiger charge is -2.20. The number of carboxylic acids is 1. The van der Waals surface area contributed by atoms with Crippen LogP contribution in [-0.4, -0.2) is 38.5 Å². The molecule has 1 aliphatic rings. The van der Waals surface area contributed by atoms with E-state index in [0.717, 1.165) is 12.8 Å². The molecule has 1 N–H and O–H groups in total. The lowest BCUT2D eigenvalue weighted by atomic mass is 9.84. The van der Waals surface area contributed by atoms with Crippen LogP contribution in [0.1, 0.15) is 55.8 Å². The maximum atomic E-state index is 13.2. The Bertz CT molecular complexity index is 1240. The number of carbonyl (C=O) groups is 2. The highest BCUT2D eigenvalue weighted by Crippen LogP contribution is 2.40. The Kier molecular flexibility index (Phi) is 7.90.